The smallest absolute Gasteiger partial charge is 0.0991 e. The van der Waals surface area contributed by atoms with Gasteiger partial charge in [0.25, 0.3) is 0 Å². The van der Waals surface area contributed by atoms with E-state index in [4.69, 9.17) is 5.26 Å². The molecular weight excluding hydrogens is 190 g/mol. The van der Waals surface area contributed by atoms with Crippen LogP contribution in [0.2, 0.25) is 0 Å². The van der Waals surface area contributed by atoms with Crippen LogP contribution in [0.5, 0.6) is 0 Å². The van der Waals surface area contributed by atoms with Gasteiger partial charge in [-0.05, 0) is 41.3 Å². The molecule has 0 atom stereocenters. The number of nitrogens with zero attached hydrogens (tertiary/aromatic N) is 1. The molecule has 0 N–H and O–H groups in total. The molecule has 0 saturated carbocycles. The van der Waals surface area contributed by atoms with Crippen molar-refractivity contribution in [2.45, 2.75) is 4.90 Å². The number of hydrogen-bond donors (Lipinski definition) is 0. The van der Waals surface area contributed by atoms with Crippen molar-refractivity contribution in [1.82, 2.24) is 0 Å². The third-order valence-electron chi connectivity index (χ3n) is 2.18. The molecule has 2 heteroatoms. The van der Waals surface area contributed by atoms with Crippen molar-refractivity contribution in [1.29, 1.82) is 5.26 Å². The Morgan fingerprint density at radius 1 is 1.07 bits per heavy atom. The van der Waals surface area contributed by atoms with Gasteiger partial charge < -0.3 is 0 Å². The number of nitriles is 1. The second kappa shape index (κ2) is 3.73. The van der Waals surface area contributed by atoms with Gasteiger partial charge in [0.2, 0.25) is 0 Å². The minimum absolute atomic E-state index is 0.717. The fraction of sp³-hybridized carbons (Fsp3) is 0.0833. The van der Waals surface area contributed by atoms with Crippen molar-refractivity contribution >= 4 is 22.5 Å². The molecule has 0 heterocycles. The lowest BCUT2D eigenvalue weighted by Gasteiger charge is -2.00. The van der Waals surface area contributed by atoms with Gasteiger partial charge in [-0.25, -0.2) is 0 Å². The Morgan fingerprint density at radius 2 is 1.79 bits per heavy atom. The van der Waals surface area contributed by atoms with Crippen LogP contribution in [0.3, 0.4) is 0 Å². The van der Waals surface area contributed by atoms with Gasteiger partial charge in [0.05, 0.1) is 11.6 Å². The first-order valence-corrected chi connectivity index (χ1v) is 5.54. The van der Waals surface area contributed by atoms with E-state index in [-0.39, 0.29) is 0 Å². The molecule has 0 aliphatic rings. The maximum Gasteiger partial charge on any atom is 0.0991 e. The third-order valence-corrected chi connectivity index (χ3v) is 2.90. The zero-order chi connectivity index (χ0) is 9.97. The molecule has 2 rings (SSSR count). The molecule has 0 bridgehead atoms. The van der Waals surface area contributed by atoms with Gasteiger partial charge in [0.1, 0.15) is 0 Å². The second-order valence-corrected chi connectivity index (χ2v) is 3.92. The molecule has 0 amide bonds. The van der Waals surface area contributed by atoms with Crippen molar-refractivity contribution in [2.75, 3.05) is 6.26 Å². The van der Waals surface area contributed by atoms with Gasteiger partial charge in [0.15, 0.2) is 0 Å². The molecular formula is C12H9NS. The number of benzene rings is 2. The van der Waals surface area contributed by atoms with Crippen molar-refractivity contribution < 1.29 is 0 Å². The molecule has 68 valence electrons. The van der Waals surface area contributed by atoms with Crippen molar-refractivity contribution in [3.63, 3.8) is 0 Å². The maximum atomic E-state index is 8.74. The first-order chi connectivity index (χ1) is 6.83. The van der Waals surface area contributed by atoms with Gasteiger partial charge in [0, 0.05) is 4.90 Å². The average molecular weight is 199 g/mol. The van der Waals surface area contributed by atoms with E-state index < -0.39 is 0 Å². The Bertz CT molecular complexity index is 511. The van der Waals surface area contributed by atoms with E-state index in [2.05, 4.69) is 30.5 Å². The predicted octanol–water partition coefficient (Wildman–Crippen LogP) is 3.43. The normalized spacial score (nSPS) is 10.0. The lowest BCUT2D eigenvalue weighted by atomic mass is 10.1. The molecule has 0 radical (unpaired) electrons. The topological polar surface area (TPSA) is 23.8 Å². The highest BCUT2D eigenvalue weighted by Crippen LogP contribution is 2.22. The number of fused-ring (bicyclic) bond motifs is 1. The summed E-state index contributed by atoms with van der Waals surface area (Å²) in [5, 5.41) is 11.1. The summed E-state index contributed by atoms with van der Waals surface area (Å²) in [5.41, 5.74) is 0.717. The molecule has 0 aromatic heterocycles. The van der Waals surface area contributed by atoms with Crippen molar-refractivity contribution in [3.05, 3.63) is 42.0 Å². The Kier molecular flexibility index (Phi) is 2.43. The third kappa shape index (κ3) is 1.59. The highest BCUT2D eigenvalue weighted by atomic mass is 32.2. The molecule has 0 spiro atoms. The Hall–Kier alpha value is -1.46. The summed E-state index contributed by atoms with van der Waals surface area (Å²) < 4.78 is 0. The molecule has 2 aromatic rings. The number of thioether (sulfide) groups is 1. The van der Waals surface area contributed by atoms with Gasteiger partial charge in [-0.3, -0.25) is 0 Å². The zero-order valence-electron chi connectivity index (χ0n) is 7.82. The Labute approximate surface area is 87.4 Å². The largest absolute Gasteiger partial charge is 0.192 e. The molecule has 1 nitrogen and oxygen atoms in total. The van der Waals surface area contributed by atoms with Crippen LogP contribution in [0.1, 0.15) is 5.56 Å². The zero-order valence-corrected chi connectivity index (χ0v) is 8.64. The summed E-state index contributed by atoms with van der Waals surface area (Å²) in [5.74, 6) is 0. The van der Waals surface area contributed by atoms with Crippen LogP contribution in [-0.2, 0) is 0 Å². The molecule has 2 aromatic carbocycles. The minimum Gasteiger partial charge on any atom is -0.192 e. The average Bonchev–Trinajstić information content (AvgIpc) is 2.27. The summed E-state index contributed by atoms with van der Waals surface area (Å²) in [7, 11) is 0. The highest BCUT2D eigenvalue weighted by molar-refractivity contribution is 7.98. The van der Waals surface area contributed by atoms with Crippen molar-refractivity contribution in [3.8, 4) is 6.07 Å². The summed E-state index contributed by atoms with van der Waals surface area (Å²) in [6.07, 6.45) is 2.06. The van der Waals surface area contributed by atoms with E-state index in [0.29, 0.717) is 0 Å². The molecule has 0 unspecified atom stereocenters. The summed E-state index contributed by atoms with van der Waals surface area (Å²) in [4.78, 5) is 1.25. The molecule has 14 heavy (non-hydrogen) atoms. The Morgan fingerprint density at radius 3 is 2.50 bits per heavy atom. The first kappa shape index (κ1) is 9.11. The fourth-order valence-electron chi connectivity index (χ4n) is 1.42. The van der Waals surface area contributed by atoms with Gasteiger partial charge in [-0.15, -0.1) is 11.8 Å². The standard InChI is InChI=1S/C12H9NS/c1-14-12-5-4-10-6-9(8-13)2-3-11(10)7-12/h2-7H,1H3. The molecule has 0 aliphatic carbocycles. The van der Waals surface area contributed by atoms with Crippen LogP contribution in [0, 0.1) is 11.3 Å². The minimum atomic E-state index is 0.717. The van der Waals surface area contributed by atoms with Crippen LogP contribution in [0.15, 0.2) is 41.3 Å². The van der Waals surface area contributed by atoms with Crippen LogP contribution in [0.4, 0.5) is 0 Å². The van der Waals surface area contributed by atoms with E-state index in [9.17, 15) is 0 Å². The quantitative estimate of drug-likeness (QED) is 0.657. The van der Waals surface area contributed by atoms with E-state index >= 15 is 0 Å². The van der Waals surface area contributed by atoms with Gasteiger partial charge in [-0.1, -0.05) is 12.1 Å². The van der Waals surface area contributed by atoms with Crippen LogP contribution >= 0.6 is 11.8 Å². The SMILES string of the molecule is CSc1ccc2cc(C#N)ccc2c1. The molecule has 0 fully saturated rings. The molecule has 0 aliphatic heterocycles. The monoisotopic (exact) mass is 199 g/mol. The fourth-order valence-corrected chi connectivity index (χ4v) is 1.87. The first-order valence-electron chi connectivity index (χ1n) is 4.31. The summed E-state index contributed by atoms with van der Waals surface area (Å²) >= 11 is 1.73. The van der Waals surface area contributed by atoms with E-state index in [1.165, 1.54) is 10.3 Å². The van der Waals surface area contributed by atoms with Crippen LogP contribution in [-0.4, -0.2) is 6.26 Å². The lowest BCUT2D eigenvalue weighted by molar-refractivity contribution is 1.48. The van der Waals surface area contributed by atoms with E-state index in [1.54, 1.807) is 11.8 Å². The molecule has 0 saturated heterocycles. The van der Waals surface area contributed by atoms with E-state index in [1.807, 2.05) is 18.2 Å². The van der Waals surface area contributed by atoms with Gasteiger partial charge in [-0.2, -0.15) is 5.26 Å². The van der Waals surface area contributed by atoms with Gasteiger partial charge >= 0.3 is 0 Å². The number of rotatable bonds is 1. The van der Waals surface area contributed by atoms with Crippen LogP contribution in [0.25, 0.3) is 10.8 Å². The van der Waals surface area contributed by atoms with Crippen molar-refractivity contribution in [2.24, 2.45) is 0 Å². The maximum absolute atomic E-state index is 8.74. The highest BCUT2D eigenvalue weighted by Gasteiger charge is 1.96. The van der Waals surface area contributed by atoms with E-state index in [0.717, 1.165) is 10.9 Å². The summed E-state index contributed by atoms with van der Waals surface area (Å²) in [6.45, 7) is 0. The predicted molar refractivity (Wildman–Crippen MR) is 60.4 cm³/mol. The Balaban J connectivity index is 2.64. The van der Waals surface area contributed by atoms with Crippen LogP contribution < -0.4 is 0 Å². The summed E-state index contributed by atoms with van der Waals surface area (Å²) in [6, 6.07) is 14.2. The second-order valence-electron chi connectivity index (χ2n) is 3.04. The lowest BCUT2D eigenvalue weighted by Crippen LogP contribution is -1.77. The number of hydrogen-bond acceptors (Lipinski definition) is 2.